The van der Waals surface area contributed by atoms with Crippen molar-refractivity contribution in [2.75, 3.05) is 0 Å². The van der Waals surface area contributed by atoms with Gasteiger partial charge in [-0.05, 0) is 6.92 Å². The maximum Gasteiger partial charge on any atom is 0.173 e. The summed E-state index contributed by atoms with van der Waals surface area (Å²) in [6, 6.07) is 1.50. The average molecular weight is 154 g/mol. The van der Waals surface area contributed by atoms with Gasteiger partial charge in [-0.15, -0.1) is 0 Å². The first kappa shape index (κ1) is 8.03. The first-order valence-electron chi connectivity index (χ1n) is 1.94. The molecule has 4 heteroatoms. The van der Waals surface area contributed by atoms with E-state index < -0.39 is 10.4 Å². The second kappa shape index (κ2) is 2.54. The Labute approximate surface area is 57.6 Å². The van der Waals surface area contributed by atoms with E-state index in [1.54, 1.807) is 0 Å². The molecule has 0 radical (unpaired) electrons. The Bertz CT molecular complexity index is 112. The molecule has 0 amide bonds. The van der Waals surface area contributed by atoms with Gasteiger partial charge in [0.05, 0.1) is 6.07 Å². The first-order chi connectivity index (χ1) is 3.48. The highest BCUT2D eigenvalue weighted by molar-refractivity contribution is 6.48. The second-order valence-corrected chi connectivity index (χ2v) is 3.25. The lowest BCUT2D eigenvalue weighted by atomic mass is 10.3. The number of hydrogen-bond donors (Lipinski definition) is 1. The molecular formula is C4H5Cl2NO. The van der Waals surface area contributed by atoms with Crippen LogP contribution < -0.4 is 0 Å². The Morgan fingerprint density at radius 2 is 2.12 bits per heavy atom. The van der Waals surface area contributed by atoms with Gasteiger partial charge in [0.15, 0.2) is 10.4 Å². The van der Waals surface area contributed by atoms with E-state index in [2.05, 4.69) is 0 Å². The molecule has 2 nitrogen and oxygen atoms in total. The molecule has 1 unspecified atom stereocenters. The molecule has 0 aliphatic heterocycles. The molecule has 0 aliphatic rings. The number of hydrogen-bond acceptors (Lipinski definition) is 2. The predicted octanol–water partition coefficient (Wildman–Crippen LogP) is 1.06. The standard InChI is InChI=1S/C4H5Cl2NO/c1-4(5,6)3(8)2-7/h3,8H,1H3. The molecule has 0 rings (SSSR count). The van der Waals surface area contributed by atoms with Crippen LogP contribution in [0.3, 0.4) is 0 Å². The zero-order chi connectivity index (χ0) is 6.78. The highest BCUT2D eigenvalue weighted by atomic mass is 35.5. The third-order valence-electron chi connectivity index (χ3n) is 0.602. The van der Waals surface area contributed by atoms with Crippen LogP contribution in [-0.4, -0.2) is 15.5 Å². The number of aliphatic hydroxyl groups is 1. The van der Waals surface area contributed by atoms with Crippen molar-refractivity contribution in [3.05, 3.63) is 0 Å². The van der Waals surface area contributed by atoms with Gasteiger partial charge >= 0.3 is 0 Å². The fourth-order valence-corrected chi connectivity index (χ4v) is 0.211. The third kappa shape index (κ3) is 2.37. The lowest BCUT2D eigenvalue weighted by molar-refractivity contribution is 0.216. The van der Waals surface area contributed by atoms with Crippen LogP contribution in [0.4, 0.5) is 0 Å². The van der Waals surface area contributed by atoms with E-state index in [-0.39, 0.29) is 0 Å². The SMILES string of the molecule is CC(Cl)(Cl)C(O)C#N. The molecule has 0 heterocycles. The lowest BCUT2D eigenvalue weighted by Gasteiger charge is -2.12. The number of aliphatic hydroxyl groups excluding tert-OH is 1. The molecule has 0 aromatic rings. The minimum atomic E-state index is -1.35. The van der Waals surface area contributed by atoms with E-state index in [1.807, 2.05) is 0 Å². The molecule has 0 saturated heterocycles. The smallest absolute Gasteiger partial charge is 0.173 e. The molecule has 46 valence electrons. The molecule has 1 atom stereocenters. The summed E-state index contributed by atoms with van der Waals surface area (Å²) < 4.78 is -1.35. The molecule has 0 aromatic carbocycles. The van der Waals surface area contributed by atoms with Crippen LogP contribution in [0, 0.1) is 11.3 Å². The number of nitrogens with zero attached hydrogens (tertiary/aromatic N) is 1. The Balaban J connectivity index is 3.87. The lowest BCUT2D eigenvalue weighted by Crippen LogP contribution is -2.25. The Kier molecular flexibility index (Phi) is 2.55. The molecule has 0 bridgehead atoms. The van der Waals surface area contributed by atoms with Crippen LogP contribution in [0.5, 0.6) is 0 Å². The minimum Gasteiger partial charge on any atom is -0.375 e. The van der Waals surface area contributed by atoms with Crippen LogP contribution in [0.25, 0.3) is 0 Å². The van der Waals surface area contributed by atoms with E-state index in [0.29, 0.717) is 0 Å². The van der Waals surface area contributed by atoms with E-state index in [4.69, 9.17) is 33.6 Å². The zero-order valence-electron chi connectivity index (χ0n) is 4.23. The largest absolute Gasteiger partial charge is 0.375 e. The molecule has 0 saturated carbocycles. The van der Waals surface area contributed by atoms with Crippen LogP contribution in [0.1, 0.15) is 6.92 Å². The Morgan fingerprint density at radius 3 is 2.12 bits per heavy atom. The van der Waals surface area contributed by atoms with Crippen LogP contribution in [0.15, 0.2) is 0 Å². The molecule has 8 heavy (non-hydrogen) atoms. The highest BCUT2D eigenvalue weighted by Crippen LogP contribution is 2.23. The summed E-state index contributed by atoms with van der Waals surface area (Å²) in [5.41, 5.74) is 0. The van der Waals surface area contributed by atoms with Crippen molar-refractivity contribution in [1.82, 2.24) is 0 Å². The zero-order valence-corrected chi connectivity index (χ0v) is 5.74. The summed E-state index contributed by atoms with van der Waals surface area (Å²) >= 11 is 10.6. The van der Waals surface area contributed by atoms with Crippen molar-refractivity contribution in [2.45, 2.75) is 17.4 Å². The summed E-state index contributed by atoms with van der Waals surface area (Å²) in [5.74, 6) is 0. The monoisotopic (exact) mass is 153 g/mol. The van der Waals surface area contributed by atoms with Gasteiger partial charge in [-0.3, -0.25) is 0 Å². The number of halogens is 2. The van der Waals surface area contributed by atoms with Gasteiger partial charge in [-0.25, -0.2) is 0 Å². The summed E-state index contributed by atoms with van der Waals surface area (Å²) in [4.78, 5) is 0. The normalized spacial score (nSPS) is 14.9. The first-order valence-corrected chi connectivity index (χ1v) is 2.69. The Morgan fingerprint density at radius 1 is 1.75 bits per heavy atom. The number of alkyl halides is 2. The number of rotatable bonds is 1. The molecule has 0 aromatic heterocycles. The molecule has 1 N–H and O–H groups in total. The van der Waals surface area contributed by atoms with E-state index >= 15 is 0 Å². The quantitative estimate of drug-likeness (QED) is 0.453. The van der Waals surface area contributed by atoms with Crippen molar-refractivity contribution < 1.29 is 5.11 Å². The van der Waals surface area contributed by atoms with Crippen molar-refractivity contribution >= 4 is 23.2 Å². The van der Waals surface area contributed by atoms with Gasteiger partial charge in [-0.1, -0.05) is 23.2 Å². The van der Waals surface area contributed by atoms with Gasteiger partial charge in [0.2, 0.25) is 0 Å². The predicted molar refractivity (Wildman–Crippen MR) is 31.7 cm³/mol. The van der Waals surface area contributed by atoms with Crippen molar-refractivity contribution in [3.8, 4) is 6.07 Å². The second-order valence-electron chi connectivity index (χ2n) is 1.49. The molecule has 0 aliphatic carbocycles. The van der Waals surface area contributed by atoms with Crippen LogP contribution in [0.2, 0.25) is 0 Å². The molecule has 0 spiro atoms. The minimum absolute atomic E-state index is 1.31. The summed E-state index contributed by atoms with van der Waals surface area (Å²) in [6.07, 6.45) is -1.31. The maximum atomic E-state index is 8.57. The summed E-state index contributed by atoms with van der Waals surface area (Å²) in [5, 5.41) is 16.6. The average Bonchev–Trinajstić information content (AvgIpc) is 1.62. The number of nitriles is 1. The van der Waals surface area contributed by atoms with Gasteiger partial charge < -0.3 is 5.11 Å². The van der Waals surface area contributed by atoms with Crippen LogP contribution >= 0.6 is 23.2 Å². The fraction of sp³-hybridized carbons (Fsp3) is 0.750. The van der Waals surface area contributed by atoms with E-state index in [9.17, 15) is 0 Å². The Hall–Kier alpha value is 0.0300. The van der Waals surface area contributed by atoms with E-state index in [0.717, 1.165) is 0 Å². The van der Waals surface area contributed by atoms with E-state index in [1.165, 1.54) is 13.0 Å². The fourth-order valence-electron chi connectivity index (χ4n) is 0.113. The van der Waals surface area contributed by atoms with Gasteiger partial charge in [0.1, 0.15) is 0 Å². The van der Waals surface area contributed by atoms with Gasteiger partial charge in [0.25, 0.3) is 0 Å². The maximum absolute atomic E-state index is 8.57. The third-order valence-corrected chi connectivity index (χ3v) is 1.02. The highest BCUT2D eigenvalue weighted by Gasteiger charge is 2.26. The topological polar surface area (TPSA) is 44.0 Å². The van der Waals surface area contributed by atoms with Crippen molar-refractivity contribution in [1.29, 1.82) is 5.26 Å². The van der Waals surface area contributed by atoms with Crippen LogP contribution in [-0.2, 0) is 0 Å². The summed E-state index contributed by atoms with van der Waals surface area (Å²) in [6.45, 7) is 1.35. The van der Waals surface area contributed by atoms with Crippen molar-refractivity contribution in [3.63, 3.8) is 0 Å². The van der Waals surface area contributed by atoms with Crippen molar-refractivity contribution in [2.24, 2.45) is 0 Å². The summed E-state index contributed by atoms with van der Waals surface area (Å²) in [7, 11) is 0. The van der Waals surface area contributed by atoms with Gasteiger partial charge in [0, 0.05) is 0 Å². The van der Waals surface area contributed by atoms with Gasteiger partial charge in [-0.2, -0.15) is 5.26 Å². The molecule has 0 fully saturated rings. The molecular weight excluding hydrogens is 149 g/mol.